The Labute approximate surface area is 147 Å². The molecule has 0 aliphatic carbocycles. The first-order valence-electron chi connectivity index (χ1n) is 8.76. The molecule has 3 heterocycles. The molecule has 1 atom stereocenters. The number of hydrogen-bond acceptors (Lipinski definition) is 6. The van der Waals surface area contributed by atoms with E-state index >= 15 is 0 Å². The number of rotatable bonds is 6. The Morgan fingerprint density at radius 1 is 1.40 bits per heavy atom. The summed E-state index contributed by atoms with van der Waals surface area (Å²) in [7, 11) is 0. The molecule has 0 saturated carbocycles. The first-order valence-corrected chi connectivity index (χ1v) is 8.76. The van der Waals surface area contributed by atoms with Crippen molar-refractivity contribution in [3.8, 4) is 0 Å². The summed E-state index contributed by atoms with van der Waals surface area (Å²) in [6.45, 7) is 9.43. The molecule has 1 saturated heterocycles. The number of aromatic nitrogens is 3. The highest BCUT2D eigenvalue weighted by Crippen LogP contribution is 2.20. The highest BCUT2D eigenvalue weighted by atomic mass is 16.5. The van der Waals surface area contributed by atoms with Gasteiger partial charge in [0.15, 0.2) is 5.76 Å². The monoisotopic (exact) mass is 343 g/mol. The Morgan fingerprint density at radius 3 is 2.92 bits per heavy atom. The summed E-state index contributed by atoms with van der Waals surface area (Å²) in [6.07, 6.45) is 4.18. The molecule has 7 heteroatoms. The van der Waals surface area contributed by atoms with E-state index in [0.717, 1.165) is 43.2 Å². The van der Waals surface area contributed by atoms with Gasteiger partial charge in [0.1, 0.15) is 5.69 Å². The highest BCUT2D eigenvalue weighted by molar-refractivity contribution is 5.91. The molecule has 1 N–H and O–H groups in total. The van der Waals surface area contributed by atoms with Crippen molar-refractivity contribution in [2.45, 2.75) is 39.7 Å². The fourth-order valence-electron chi connectivity index (χ4n) is 2.96. The van der Waals surface area contributed by atoms with Crippen molar-refractivity contribution in [2.75, 3.05) is 19.6 Å². The molecule has 1 amide bonds. The van der Waals surface area contributed by atoms with Crippen LogP contribution in [-0.2, 0) is 6.54 Å². The summed E-state index contributed by atoms with van der Waals surface area (Å²) in [5, 5.41) is 7.06. The van der Waals surface area contributed by atoms with E-state index in [9.17, 15) is 4.79 Å². The van der Waals surface area contributed by atoms with E-state index in [1.165, 1.54) is 6.20 Å². The van der Waals surface area contributed by atoms with Gasteiger partial charge in [-0.2, -0.15) is 0 Å². The molecular formula is C18H25N5O2. The Hall–Kier alpha value is -2.28. The van der Waals surface area contributed by atoms with E-state index in [4.69, 9.17) is 4.52 Å². The molecule has 0 radical (unpaired) electrons. The van der Waals surface area contributed by atoms with Crippen molar-refractivity contribution in [1.29, 1.82) is 0 Å². The third-order valence-electron chi connectivity index (χ3n) is 4.48. The molecule has 0 aromatic carbocycles. The van der Waals surface area contributed by atoms with E-state index in [1.807, 2.05) is 13.0 Å². The predicted octanol–water partition coefficient (Wildman–Crippen LogP) is 2.15. The van der Waals surface area contributed by atoms with Gasteiger partial charge < -0.3 is 9.84 Å². The molecule has 3 rings (SSSR count). The Kier molecular flexibility index (Phi) is 5.43. The Morgan fingerprint density at radius 2 is 2.24 bits per heavy atom. The van der Waals surface area contributed by atoms with Gasteiger partial charge in [-0.1, -0.05) is 19.0 Å². The lowest BCUT2D eigenvalue weighted by atomic mass is 10.1. The van der Waals surface area contributed by atoms with E-state index in [1.54, 1.807) is 6.20 Å². The molecule has 2 aromatic heterocycles. The first kappa shape index (κ1) is 17.5. The topological polar surface area (TPSA) is 84.2 Å². The van der Waals surface area contributed by atoms with E-state index in [-0.39, 0.29) is 5.91 Å². The highest BCUT2D eigenvalue weighted by Gasteiger charge is 2.24. The number of carbonyl (C=O) groups excluding carboxylic acids is 1. The summed E-state index contributed by atoms with van der Waals surface area (Å²) in [6, 6.07) is 2.04. The fourth-order valence-corrected chi connectivity index (χ4v) is 2.96. The Bertz CT molecular complexity index is 711. The molecule has 1 aliphatic rings. The van der Waals surface area contributed by atoms with Gasteiger partial charge in [0.25, 0.3) is 5.91 Å². The molecule has 1 aliphatic heterocycles. The van der Waals surface area contributed by atoms with E-state index < -0.39 is 0 Å². The summed E-state index contributed by atoms with van der Waals surface area (Å²) in [4.78, 5) is 22.7. The normalized spacial score (nSPS) is 18.0. The molecule has 2 aromatic rings. The van der Waals surface area contributed by atoms with Crippen LogP contribution in [0.2, 0.25) is 0 Å². The van der Waals surface area contributed by atoms with Crippen LogP contribution in [0, 0.1) is 12.8 Å². The van der Waals surface area contributed by atoms with Crippen LogP contribution in [0.5, 0.6) is 0 Å². The van der Waals surface area contributed by atoms with Gasteiger partial charge in [0.2, 0.25) is 0 Å². The van der Waals surface area contributed by atoms with Crippen LogP contribution >= 0.6 is 0 Å². The van der Waals surface area contributed by atoms with Crippen molar-refractivity contribution >= 4 is 5.91 Å². The van der Waals surface area contributed by atoms with Crippen LogP contribution in [0.1, 0.15) is 53.8 Å². The molecule has 134 valence electrons. The van der Waals surface area contributed by atoms with E-state index in [0.29, 0.717) is 24.1 Å². The maximum atomic E-state index is 12.1. The zero-order valence-corrected chi connectivity index (χ0v) is 15.0. The summed E-state index contributed by atoms with van der Waals surface area (Å²) < 4.78 is 5.41. The predicted molar refractivity (Wildman–Crippen MR) is 93.1 cm³/mol. The van der Waals surface area contributed by atoms with Crippen LogP contribution in [-0.4, -0.2) is 45.6 Å². The smallest absolute Gasteiger partial charge is 0.271 e. The third-order valence-corrected chi connectivity index (χ3v) is 4.48. The lowest BCUT2D eigenvalue weighted by Crippen LogP contribution is -2.31. The molecule has 0 bridgehead atoms. The van der Waals surface area contributed by atoms with E-state index in [2.05, 4.69) is 39.2 Å². The lowest BCUT2D eigenvalue weighted by Gasteiger charge is -2.14. The van der Waals surface area contributed by atoms with Gasteiger partial charge in [-0.05, 0) is 31.7 Å². The SMILES string of the molecule is Cc1cnc(C(=O)NCC2CCN(Cc3cc(C(C)C)no3)C2)cn1. The number of hydrogen-bond donors (Lipinski definition) is 1. The van der Waals surface area contributed by atoms with Crippen molar-refractivity contribution in [2.24, 2.45) is 5.92 Å². The minimum Gasteiger partial charge on any atom is -0.360 e. The average molecular weight is 343 g/mol. The first-order chi connectivity index (χ1) is 12.0. The largest absolute Gasteiger partial charge is 0.360 e. The average Bonchev–Trinajstić information content (AvgIpc) is 3.23. The Balaban J connectivity index is 1.44. The van der Waals surface area contributed by atoms with Crippen LogP contribution < -0.4 is 5.32 Å². The summed E-state index contributed by atoms with van der Waals surface area (Å²) >= 11 is 0. The van der Waals surface area contributed by atoms with Gasteiger partial charge in [0.05, 0.1) is 24.1 Å². The van der Waals surface area contributed by atoms with Gasteiger partial charge in [0, 0.05) is 25.4 Å². The second-order valence-electron chi connectivity index (χ2n) is 7.02. The number of carbonyl (C=O) groups is 1. The zero-order valence-electron chi connectivity index (χ0n) is 15.0. The van der Waals surface area contributed by atoms with Crippen molar-refractivity contribution < 1.29 is 9.32 Å². The number of aryl methyl sites for hydroxylation is 1. The molecule has 0 spiro atoms. The number of amides is 1. The zero-order chi connectivity index (χ0) is 17.8. The lowest BCUT2D eigenvalue weighted by molar-refractivity contribution is 0.0941. The summed E-state index contributed by atoms with van der Waals surface area (Å²) in [5.41, 5.74) is 2.16. The molecule has 1 unspecified atom stereocenters. The van der Waals surface area contributed by atoms with Crippen molar-refractivity contribution in [3.05, 3.63) is 41.3 Å². The van der Waals surface area contributed by atoms with Crippen LogP contribution in [0.25, 0.3) is 0 Å². The maximum absolute atomic E-state index is 12.1. The van der Waals surface area contributed by atoms with Crippen molar-refractivity contribution in [1.82, 2.24) is 25.3 Å². The maximum Gasteiger partial charge on any atom is 0.271 e. The minimum atomic E-state index is -0.164. The van der Waals surface area contributed by atoms with Gasteiger partial charge >= 0.3 is 0 Å². The standard InChI is InChI=1S/C18H25N5O2/c1-12(2)16-6-15(25-22-16)11-23-5-4-14(10-23)8-21-18(24)17-9-19-13(3)7-20-17/h6-7,9,12,14H,4-5,8,10-11H2,1-3H3,(H,21,24). The number of nitrogens with zero attached hydrogens (tertiary/aromatic N) is 4. The second-order valence-corrected chi connectivity index (χ2v) is 7.02. The second kappa shape index (κ2) is 7.74. The quantitative estimate of drug-likeness (QED) is 0.865. The van der Waals surface area contributed by atoms with Crippen molar-refractivity contribution in [3.63, 3.8) is 0 Å². The number of nitrogens with one attached hydrogen (secondary N) is 1. The third kappa shape index (κ3) is 4.63. The summed E-state index contributed by atoms with van der Waals surface area (Å²) in [5.74, 6) is 1.56. The molecular weight excluding hydrogens is 318 g/mol. The van der Waals surface area contributed by atoms with Crippen LogP contribution in [0.15, 0.2) is 23.0 Å². The molecule has 1 fully saturated rings. The minimum absolute atomic E-state index is 0.164. The molecule has 25 heavy (non-hydrogen) atoms. The molecule has 7 nitrogen and oxygen atoms in total. The fraction of sp³-hybridized carbons (Fsp3) is 0.556. The van der Waals surface area contributed by atoms with Gasteiger partial charge in [-0.25, -0.2) is 4.98 Å². The number of likely N-dealkylation sites (tertiary alicyclic amines) is 1. The van der Waals surface area contributed by atoms with Gasteiger partial charge in [-0.3, -0.25) is 14.7 Å². The van der Waals surface area contributed by atoms with Gasteiger partial charge in [-0.15, -0.1) is 0 Å². The van der Waals surface area contributed by atoms with Crippen LogP contribution in [0.4, 0.5) is 0 Å². The van der Waals surface area contributed by atoms with Crippen LogP contribution in [0.3, 0.4) is 0 Å².